The fraction of sp³-hybridized carbons (Fsp3) is 0.417. The molecule has 0 aliphatic carbocycles. The smallest absolute Gasteiger partial charge is 0.223 e. The second-order valence-electron chi connectivity index (χ2n) is 4.18. The van der Waals surface area contributed by atoms with Crippen LogP contribution < -0.4 is 4.74 Å². The molecule has 17 heavy (non-hydrogen) atoms. The second-order valence-corrected chi connectivity index (χ2v) is 4.18. The van der Waals surface area contributed by atoms with E-state index in [0.29, 0.717) is 6.54 Å². The van der Waals surface area contributed by atoms with Gasteiger partial charge in [0.15, 0.2) is 0 Å². The highest BCUT2D eigenvalue weighted by Gasteiger charge is 2.32. The molecule has 0 spiro atoms. The Balaban J connectivity index is 2.36. The van der Waals surface area contributed by atoms with Crippen LogP contribution in [-0.2, 0) is 4.79 Å². The van der Waals surface area contributed by atoms with E-state index in [1.165, 1.54) is 12.0 Å². The highest BCUT2D eigenvalue weighted by Crippen LogP contribution is 2.33. The van der Waals surface area contributed by atoms with Crippen molar-refractivity contribution in [2.45, 2.75) is 12.3 Å². The van der Waals surface area contributed by atoms with Gasteiger partial charge in [0.05, 0.1) is 7.11 Å². The molecule has 5 heteroatoms. The standard InChI is InChI=1S/C12H13F2NO2/c1-15-6-7(3-11(15)16)12-9(13)4-8(17-2)5-10(12)14/h4-5,7H,3,6H2,1-2H3/t7-/m0/s1. The number of likely N-dealkylation sites (N-methyl/N-ethyl adjacent to an activating group) is 1. The Labute approximate surface area is 98.0 Å². The summed E-state index contributed by atoms with van der Waals surface area (Å²) < 4.78 is 32.3. The Hall–Kier alpha value is -1.65. The highest BCUT2D eigenvalue weighted by atomic mass is 19.1. The number of amides is 1. The summed E-state index contributed by atoms with van der Waals surface area (Å²) in [5.41, 5.74) is -0.0245. The molecule has 92 valence electrons. The average Bonchev–Trinajstić information content (AvgIpc) is 2.57. The first kappa shape index (κ1) is 11.8. The van der Waals surface area contributed by atoms with E-state index in [1.807, 2.05) is 0 Å². The van der Waals surface area contributed by atoms with Crippen LogP contribution in [0.5, 0.6) is 5.75 Å². The van der Waals surface area contributed by atoms with Gasteiger partial charge in [-0.15, -0.1) is 0 Å². The Morgan fingerprint density at radius 2 is 1.94 bits per heavy atom. The SMILES string of the molecule is COc1cc(F)c([C@H]2CC(=O)N(C)C2)c(F)c1. The molecule has 1 saturated heterocycles. The number of carbonyl (C=O) groups excluding carboxylic acids is 1. The van der Waals surface area contributed by atoms with Crippen molar-refractivity contribution in [2.24, 2.45) is 0 Å². The van der Waals surface area contributed by atoms with Gasteiger partial charge < -0.3 is 9.64 Å². The third-order valence-electron chi connectivity index (χ3n) is 3.04. The highest BCUT2D eigenvalue weighted by molar-refractivity contribution is 5.79. The lowest BCUT2D eigenvalue weighted by Crippen LogP contribution is -2.19. The molecule has 0 unspecified atom stereocenters. The number of likely N-dealkylation sites (tertiary alicyclic amines) is 1. The Kier molecular flexibility index (Phi) is 3.00. The van der Waals surface area contributed by atoms with Crippen LogP contribution in [0.25, 0.3) is 0 Å². The fourth-order valence-electron chi connectivity index (χ4n) is 2.13. The summed E-state index contributed by atoms with van der Waals surface area (Å²) in [7, 11) is 2.97. The number of carbonyl (C=O) groups is 1. The summed E-state index contributed by atoms with van der Waals surface area (Å²) in [5, 5.41) is 0. The minimum atomic E-state index is -0.657. The number of nitrogens with zero attached hydrogens (tertiary/aromatic N) is 1. The molecule has 0 N–H and O–H groups in total. The quantitative estimate of drug-likeness (QED) is 0.791. The Morgan fingerprint density at radius 1 is 1.35 bits per heavy atom. The predicted octanol–water partition coefficient (Wildman–Crippen LogP) is 1.92. The van der Waals surface area contributed by atoms with Gasteiger partial charge >= 0.3 is 0 Å². The molecular formula is C12H13F2NO2. The first-order chi connectivity index (χ1) is 8.02. The summed E-state index contributed by atoms with van der Waals surface area (Å²) in [6.07, 6.45) is 0.149. The van der Waals surface area contributed by atoms with Gasteiger partial charge in [-0.25, -0.2) is 8.78 Å². The van der Waals surface area contributed by atoms with Crippen molar-refractivity contribution >= 4 is 5.91 Å². The van der Waals surface area contributed by atoms with E-state index in [-0.39, 0.29) is 23.6 Å². The van der Waals surface area contributed by atoms with Gasteiger partial charge in [0, 0.05) is 43.6 Å². The zero-order valence-corrected chi connectivity index (χ0v) is 9.67. The van der Waals surface area contributed by atoms with E-state index in [0.717, 1.165) is 12.1 Å². The van der Waals surface area contributed by atoms with Crippen molar-refractivity contribution in [3.05, 3.63) is 29.3 Å². The molecule has 1 aliphatic heterocycles. The van der Waals surface area contributed by atoms with Crippen LogP contribution in [0.1, 0.15) is 17.9 Å². The Bertz CT molecular complexity index is 439. The third kappa shape index (κ3) is 2.09. The van der Waals surface area contributed by atoms with E-state index >= 15 is 0 Å². The van der Waals surface area contributed by atoms with Crippen LogP contribution in [0, 0.1) is 11.6 Å². The Morgan fingerprint density at radius 3 is 2.35 bits per heavy atom. The number of benzene rings is 1. The largest absolute Gasteiger partial charge is 0.497 e. The van der Waals surface area contributed by atoms with Crippen molar-refractivity contribution in [3.8, 4) is 5.75 Å². The molecule has 0 aromatic heterocycles. The van der Waals surface area contributed by atoms with Gasteiger partial charge in [-0.1, -0.05) is 0 Å². The molecule has 1 aliphatic rings. The summed E-state index contributed by atoms with van der Waals surface area (Å²) in [6, 6.07) is 2.28. The van der Waals surface area contributed by atoms with Crippen LogP contribution in [0.15, 0.2) is 12.1 Å². The van der Waals surface area contributed by atoms with Crippen LogP contribution in [0.3, 0.4) is 0 Å². The zero-order chi connectivity index (χ0) is 12.6. The number of halogens is 2. The van der Waals surface area contributed by atoms with E-state index in [9.17, 15) is 13.6 Å². The van der Waals surface area contributed by atoms with Gasteiger partial charge in [-0.05, 0) is 0 Å². The summed E-state index contributed by atoms with van der Waals surface area (Å²) in [4.78, 5) is 12.8. The van der Waals surface area contributed by atoms with Crippen molar-refractivity contribution in [1.82, 2.24) is 4.90 Å². The van der Waals surface area contributed by atoms with Crippen molar-refractivity contribution in [1.29, 1.82) is 0 Å². The van der Waals surface area contributed by atoms with E-state index in [4.69, 9.17) is 4.74 Å². The van der Waals surface area contributed by atoms with Gasteiger partial charge in [0.1, 0.15) is 17.4 Å². The monoisotopic (exact) mass is 241 g/mol. The van der Waals surface area contributed by atoms with E-state index in [2.05, 4.69) is 0 Å². The number of rotatable bonds is 2. The van der Waals surface area contributed by atoms with Crippen LogP contribution in [0.4, 0.5) is 8.78 Å². The van der Waals surface area contributed by atoms with Gasteiger partial charge in [0.25, 0.3) is 0 Å². The number of methoxy groups -OCH3 is 1. The van der Waals surface area contributed by atoms with Crippen molar-refractivity contribution in [2.75, 3.05) is 20.7 Å². The normalized spacial score (nSPS) is 19.9. The minimum absolute atomic E-state index is 0.0245. The number of ether oxygens (including phenoxy) is 1. The molecule has 2 rings (SSSR count). The first-order valence-electron chi connectivity index (χ1n) is 5.29. The van der Waals surface area contributed by atoms with Gasteiger partial charge in [-0.3, -0.25) is 4.79 Å². The maximum Gasteiger partial charge on any atom is 0.223 e. The van der Waals surface area contributed by atoms with Gasteiger partial charge in [-0.2, -0.15) is 0 Å². The molecule has 0 bridgehead atoms. The molecule has 1 fully saturated rings. The van der Waals surface area contributed by atoms with Crippen LogP contribution in [-0.4, -0.2) is 31.5 Å². The minimum Gasteiger partial charge on any atom is -0.497 e. The molecule has 1 aromatic carbocycles. The molecule has 3 nitrogen and oxygen atoms in total. The molecule has 0 radical (unpaired) electrons. The third-order valence-corrected chi connectivity index (χ3v) is 3.04. The van der Waals surface area contributed by atoms with E-state index < -0.39 is 17.6 Å². The predicted molar refractivity (Wildman–Crippen MR) is 57.9 cm³/mol. The maximum absolute atomic E-state index is 13.8. The average molecular weight is 241 g/mol. The van der Waals surface area contributed by atoms with Crippen molar-refractivity contribution in [3.63, 3.8) is 0 Å². The summed E-state index contributed by atoms with van der Waals surface area (Å²) in [5.74, 6) is -1.69. The first-order valence-corrected chi connectivity index (χ1v) is 5.29. The second kappa shape index (κ2) is 4.31. The molecule has 1 amide bonds. The number of hydrogen-bond acceptors (Lipinski definition) is 2. The van der Waals surface area contributed by atoms with Gasteiger partial charge in [0.2, 0.25) is 5.91 Å². The van der Waals surface area contributed by atoms with E-state index in [1.54, 1.807) is 7.05 Å². The molecule has 0 saturated carbocycles. The fourth-order valence-corrected chi connectivity index (χ4v) is 2.13. The lowest BCUT2D eigenvalue weighted by molar-refractivity contribution is -0.126. The molecule has 1 atom stereocenters. The van der Waals surface area contributed by atoms with Crippen LogP contribution >= 0.6 is 0 Å². The lowest BCUT2D eigenvalue weighted by Gasteiger charge is -2.13. The van der Waals surface area contributed by atoms with Crippen molar-refractivity contribution < 1.29 is 18.3 Å². The summed E-state index contributed by atoms with van der Waals surface area (Å²) >= 11 is 0. The topological polar surface area (TPSA) is 29.5 Å². The zero-order valence-electron chi connectivity index (χ0n) is 9.67. The maximum atomic E-state index is 13.8. The lowest BCUT2D eigenvalue weighted by atomic mass is 9.97. The molecule has 1 aromatic rings. The summed E-state index contributed by atoms with van der Waals surface area (Å²) in [6.45, 7) is 0.346. The van der Waals surface area contributed by atoms with Crippen LogP contribution in [0.2, 0.25) is 0 Å². The number of hydrogen-bond donors (Lipinski definition) is 0. The molecular weight excluding hydrogens is 228 g/mol. The molecule has 1 heterocycles.